The second-order valence-electron chi connectivity index (χ2n) is 2.59. The van der Waals surface area contributed by atoms with Crippen molar-refractivity contribution in [3.8, 4) is 0 Å². The molecule has 0 spiro atoms. The molecular formula is C8H12N2OS2. The predicted molar refractivity (Wildman–Crippen MR) is 57.5 cm³/mol. The molecular weight excluding hydrogens is 204 g/mol. The van der Waals surface area contributed by atoms with E-state index in [9.17, 15) is 4.79 Å². The Balaban J connectivity index is 2.48. The summed E-state index contributed by atoms with van der Waals surface area (Å²) in [6.07, 6.45) is 2.03. The molecule has 5 heteroatoms. The van der Waals surface area contributed by atoms with E-state index < -0.39 is 0 Å². The summed E-state index contributed by atoms with van der Waals surface area (Å²) in [6, 6.07) is 0. The number of hydrogen-bond donors (Lipinski definition) is 0. The van der Waals surface area contributed by atoms with E-state index in [4.69, 9.17) is 0 Å². The van der Waals surface area contributed by atoms with Crippen LogP contribution >= 0.6 is 23.1 Å². The average molecular weight is 216 g/mol. The van der Waals surface area contributed by atoms with Gasteiger partial charge in [-0.25, -0.2) is 4.98 Å². The van der Waals surface area contributed by atoms with Crippen LogP contribution in [0.4, 0.5) is 0 Å². The number of aromatic nitrogens is 1. The van der Waals surface area contributed by atoms with Crippen molar-refractivity contribution in [1.29, 1.82) is 0 Å². The molecule has 0 saturated heterocycles. The Hall–Kier alpha value is -0.550. The maximum atomic E-state index is 11.6. The molecule has 0 unspecified atom stereocenters. The summed E-state index contributed by atoms with van der Waals surface area (Å²) in [7, 11) is 1.80. The number of carbonyl (C=O) groups is 1. The highest BCUT2D eigenvalue weighted by atomic mass is 32.2. The number of rotatable bonds is 4. The molecule has 0 aromatic carbocycles. The summed E-state index contributed by atoms with van der Waals surface area (Å²) in [5.74, 6) is 0.974. The van der Waals surface area contributed by atoms with Crippen LogP contribution in [0.5, 0.6) is 0 Å². The number of thiazole rings is 1. The monoisotopic (exact) mass is 216 g/mol. The smallest absolute Gasteiger partial charge is 0.273 e. The Morgan fingerprint density at radius 2 is 2.54 bits per heavy atom. The van der Waals surface area contributed by atoms with Gasteiger partial charge in [0.05, 0.1) is 5.51 Å². The number of amides is 1. The fourth-order valence-corrected chi connectivity index (χ4v) is 1.83. The largest absolute Gasteiger partial charge is 0.340 e. The van der Waals surface area contributed by atoms with Crippen molar-refractivity contribution < 1.29 is 4.79 Å². The van der Waals surface area contributed by atoms with Crippen molar-refractivity contribution in [2.75, 3.05) is 25.6 Å². The summed E-state index contributed by atoms with van der Waals surface area (Å²) in [4.78, 5) is 17.2. The third-order valence-electron chi connectivity index (χ3n) is 1.63. The van der Waals surface area contributed by atoms with Gasteiger partial charge in [-0.3, -0.25) is 4.79 Å². The third-order valence-corrected chi connectivity index (χ3v) is 2.81. The molecule has 0 aliphatic carbocycles. The fourth-order valence-electron chi connectivity index (χ4n) is 0.843. The second-order valence-corrected chi connectivity index (χ2v) is 4.30. The topological polar surface area (TPSA) is 33.2 Å². The van der Waals surface area contributed by atoms with Crippen molar-refractivity contribution in [2.24, 2.45) is 0 Å². The van der Waals surface area contributed by atoms with E-state index in [2.05, 4.69) is 4.98 Å². The summed E-state index contributed by atoms with van der Waals surface area (Å²) in [6.45, 7) is 0.775. The maximum Gasteiger partial charge on any atom is 0.273 e. The summed E-state index contributed by atoms with van der Waals surface area (Å²) in [5, 5.41) is 1.78. The quantitative estimate of drug-likeness (QED) is 0.766. The van der Waals surface area contributed by atoms with E-state index in [1.807, 2.05) is 6.26 Å². The molecule has 3 nitrogen and oxygen atoms in total. The highest BCUT2D eigenvalue weighted by Gasteiger charge is 2.12. The molecule has 72 valence electrons. The van der Waals surface area contributed by atoms with E-state index in [-0.39, 0.29) is 5.91 Å². The summed E-state index contributed by atoms with van der Waals surface area (Å²) < 4.78 is 0. The molecule has 1 rings (SSSR count). The minimum absolute atomic E-state index is 0.00954. The van der Waals surface area contributed by atoms with Gasteiger partial charge in [-0.2, -0.15) is 11.8 Å². The molecule has 1 aromatic rings. The van der Waals surface area contributed by atoms with E-state index in [0.717, 1.165) is 12.3 Å². The van der Waals surface area contributed by atoms with E-state index in [1.165, 1.54) is 11.3 Å². The Kier molecular flexibility index (Phi) is 4.24. The SMILES string of the molecule is CSCCN(C)C(=O)c1cscn1. The van der Waals surface area contributed by atoms with Crippen LogP contribution in [-0.4, -0.2) is 41.4 Å². The molecule has 1 heterocycles. The average Bonchev–Trinajstić information content (AvgIpc) is 2.65. The minimum Gasteiger partial charge on any atom is -0.340 e. The minimum atomic E-state index is 0.00954. The van der Waals surface area contributed by atoms with E-state index in [1.54, 1.807) is 34.6 Å². The first-order valence-corrected chi connectivity index (χ1v) is 6.22. The summed E-state index contributed by atoms with van der Waals surface area (Å²) in [5.41, 5.74) is 2.23. The molecule has 13 heavy (non-hydrogen) atoms. The van der Waals surface area contributed by atoms with Crippen LogP contribution in [-0.2, 0) is 0 Å². The third kappa shape index (κ3) is 3.00. The highest BCUT2D eigenvalue weighted by molar-refractivity contribution is 7.98. The first-order valence-electron chi connectivity index (χ1n) is 3.88. The van der Waals surface area contributed by atoms with Crippen molar-refractivity contribution in [2.45, 2.75) is 0 Å². The van der Waals surface area contributed by atoms with Crippen LogP contribution < -0.4 is 0 Å². The number of thioether (sulfide) groups is 1. The van der Waals surface area contributed by atoms with Gasteiger partial charge in [-0.1, -0.05) is 0 Å². The molecule has 0 atom stereocenters. The molecule has 1 aromatic heterocycles. The van der Waals surface area contributed by atoms with Gasteiger partial charge in [0.2, 0.25) is 0 Å². The first-order chi connectivity index (χ1) is 6.25. The highest BCUT2D eigenvalue weighted by Crippen LogP contribution is 2.04. The van der Waals surface area contributed by atoms with Crippen LogP contribution in [0.25, 0.3) is 0 Å². The lowest BCUT2D eigenvalue weighted by atomic mass is 10.4. The van der Waals surface area contributed by atoms with Crippen LogP contribution in [0, 0.1) is 0 Å². The standard InChI is InChI=1S/C8H12N2OS2/c1-10(3-4-12-2)8(11)7-5-13-6-9-7/h5-6H,3-4H2,1-2H3. The maximum absolute atomic E-state index is 11.6. The van der Waals surface area contributed by atoms with Gasteiger partial charge < -0.3 is 4.90 Å². The Morgan fingerprint density at radius 1 is 1.77 bits per heavy atom. The molecule has 1 amide bonds. The normalized spacial score (nSPS) is 10.0. The zero-order chi connectivity index (χ0) is 9.68. The molecule has 0 aliphatic rings. The van der Waals surface area contributed by atoms with Gasteiger partial charge >= 0.3 is 0 Å². The van der Waals surface area contributed by atoms with E-state index >= 15 is 0 Å². The lowest BCUT2D eigenvalue weighted by molar-refractivity contribution is 0.0799. The molecule has 0 fully saturated rings. The van der Waals surface area contributed by atoms with Gasteiger partial charge in [0.1, 0.15) is 5.69 Å². The fraction of sp³-hybridized carbons (Fsp3) is 0.500. The number of carbonyl (C=O) groups excluding carboxylic acids is 1. The predicted octanol–water partition coefficient (Wildman–Crippen LogP) is 1.58. The first kappa shape index (κ1) is 10.5. The van der Waals surface area contributed by atoms with Crippen LogP contribution in [0.1, 0.15) is 10.5 Å². The molecule has 0 saturated carbocycles. The second kappa shape index (κ2) is 5.24. The van der Waals surface area contributed by atoms with Gasteiger partial charge in [-0.05, 0) is 6.26 Å². The van der Waals surface area contributed by atoms with Gasteiger partial charge in [0, 0.05) is 24.7 Å². The van der Waals surface area contributed by atoms with Crippen molar-refractivity contribution in [3.63, 3.8) is 0 Å². The van der Waals surface area contributed by atoms with Gasteiger partial charge in [0.25, 0.3) is 5.91 Å². The zero-order valence-electron chi connectivity index (χ0n) is 7.69. The summed E-state index contributed by atoms with van der Waals surface area (Å²) >= 11 is 3.18. The lowest BCUT2D eigenvalue weighted by Gasteiger charge is -2.14. The molecule has 0 bridgehead atoms. The van der Waals surface area contributed by atoms with Gasteiger partial charge in [-0.15, -0.1) is 11.3 Å². The van der Waals surface area contributed by atoms with Crippen LogP contribution in [0.3, 0.4) is 0 Å². The van der Waals surface area contributed by atoms with Gasteiger partial charge in [0.15, 0.2) is 0 Å². The molecule has 0 radical (unpaired) electrons. The Bertz CT molecular complexity index is 261. The Labute approximate surface area is 86.2 Å². The van der Waals surface area contributed by atoms with Crippen LogP contribution in [0.15, 0.2) is 10.9 Å². The molecule has 0 N–H and O–H groups in total. The number of hydrogen-bond acceptors (Lipinski definition) is 4. The zero-order valence-corrected chi connectivity index (χ0v) is 9.32. The van der Waals surface area contributed by atoms with Crippen molar-refractivity contribution in [3.05, 3.63) is 16.6 Å². The van der Waals surface area contributed by atoms with Crippen molar-refractivity contribution in [1.82, 2.24) is 9.88 Å². The lowest BCUT2D eigenvalue weighted by Crippen LogP contribution is -2.29. The van der Waals surface area contributed by atoms with Crippen molar-refractivity contribution >= 4 is 29.0 Å². The van der Waals surface area contributed by atoms with Crippen LogP contribution in [0.2, 0.25) is 0 Å². The van der Waals surface area contributed by atoms with E-state index in [0.29, 0.717) is 5.69 Å². The number of nitrogens with zero attached hydrogens (tertiary/aromatic N) is 2. The Morgan fingerprint density at radius 3 is 3.08 bits per heavy atom. The molecule has 0 aliphatic heterocycles.